The van der Waals surface area contributed by atoms with Crippen LogP contribution >= 0.6 is 11.6 Å². The lowest BCUT2D eigenvalue weighted by Gasteiger charge is -2.31. The van der Waals surface area contributed by atoms with Crippen LogP contribution < -0.4 is 5.32 Å². The minimum atomic E-state index is -3.35. The van der Waals surface area contributed by atoms with Crippen LogP contribution in [0, 0.1) is 5.92 Å². The lowest BCUT2D eigenvalue weighted by molar-refractivity contribution is -0.126. The van der Waals surface area contributed by atoms with Crippen molar-refractivity contribution in [3.05, 3.63) is 70.7 Å². The Hall–Kier alpha value is -1.89. The van der Waals surface area contributed by atoms with Crippen LogP contribution in [-0.4, -0.2) is 44.0 Å². The molecule has 1 amide bonds. The highest BCUT2D eigenvalue weighted by Crippen LogP contribution is 2.20. The molecule has 0 saturated carbocycles. The summed E-state index contributed by atoms with van der Waals surface area (Å²) < 4.78 is 27.0. The minimum Gasteiger partial charge on any atom is -0.355 e. The van der Waals surface area contributed by atoms with Crippen LogP contribution in [0.5, 0.6) is 0 Å². The predicted octanol–water partition coefficient (Wildman–Crippen LogP) is 3.67. The molecule has 0 spiro atoms. The van der Waals surface area contributed by atoms with Crippen LogP contribution in [0.3, 0.4) is 0 Å². The van der Waals surface area contributed by atoms with Crippen LogP contribution in [0.4, 0.5) is 0 Å². The van der Waals surface area contributed by atoms with Crippen LogP contribution in [0.2, 0.25) is 5.02 Å². The second kappa shape index (κ2) is 10.9. The average Bonchev–Trinajstić information content (AvgIpc) is 2.76. The maximum Gasteiger partial charge on any atom is 0.224 e. The summed E-state index contributed by atoms with van der Waals surface area (Å²) >= 11 is 5.89. The van der Waals surface area contributed by atoms with E-state index in [0.717, 1.165) is 30.4 Å². The van der Waals surface area contributed by atoms with Gasteiger partial charge in [0.15, 0.2) is 0 Å². The van der Waals surface area contributed by atoms with Crippen molar-refractivity contribution in [1.82, 2.24) is 9.62 Å². The van der Waals surface area contributed by atoms with Crippen molar-refractivity contribution in [2.45, 2.75) is 32.1 Å². The first-order chi connectivity index (χ1) is 14.4. The van der Waals surface area contributed by atoms with Crippen LogP contribution in [0.15, 0.2) is 54.6 Å². The highest BCUT2D eigenvalue weighted by Gasteiger charge is 2.31. The molecule has 1 fully saturated rings. The first-order valence-electron chi connectivity index (χ1n) is 10.5. The summed E-state index contributed by atoms with van der Waals surface area (Å²) in [5, 5.41) is 3.65. The quantitative estimate of drug-likeness (QED) is 0.636. The molecule has 1 saturated heterocycles. The third-order valence-electron chi connectivity index (χ3n) is 5.49. The van der Waals surface area contributed by atoms with Gasteiger partial charge in [-0.3, -0.25) is 4.79 Å². The van der Waals surface area contributed by atoms with E-state index in [0.29, 0.717) is 31.0 Å². The van der Waals surface area contributed by atoms with Crippen molar-refractivity contribution in [2.75, 3.05) is 25.4 Å². The fraction of sp³-hybridized carbons (Fsp3) is 0.435. The number of sulfonamides is 1. The largest absolute Gasteiger partial charge is 0.355 e. The van der Waals surface area contributed by atoms with Crippen molar-refractivity contribution < 1.29 is 13.2 Å². The Balaban J connectivity index is 1.44. The van der Waals surface area contributed by atoms with E-state index in [4.69, 9.17) is 11.6 Å². The number of amides is 1. The highest BCUT2D eigenvalue weighted by atomic mass is 35.5. The standard InChI is InChI=1S/C23H29ClN2O3S/c24-22-12-10-20(11-13-22)14-15-25-23(27)21-9-4-16-26(18-21)30(28,29)17-5-8-19-6-2-1-3-7-19/h1-3,6-7,10-13,21H,4-5,8-9,14-18H2,(H,25,27). The molecule has 2 aromatic rings. The average molecular weight is 449 g/mol. The van der Waals surface area contributed by atoms with Gasteiger partial charge in [-0.1, -0.05) is 54.1 Å². The number of benzene rings is 2. The molecular formula is C23H29ClN2O3S. The zero-order valence-corrected chi connectivity index (χ0v) is 18.7. The lowest BCUT2D eigenvalue weighted by Crippen LogP contribution is -2.46. The molecule has 7 heteroatoms. The van der Waals surface area contributed by atoms with Gasteiger partial charge in [0, 0.05) is 24.7 Å². The molecule has 162 valence electrons. The molecule has 5 nitrogen and oxygen atoms in total. The van der Waals surface area contributed by atoms with E-state index < -0.39 is 10.0 Å². The smallest absolute Gasteiger partial charge is 0.224 e. The molecule has 2 aromatic carbocycles. The van der Waals surface area contributed by atoms with E-state index in [1.165, 1.54) is 4.31 Å². The number of hydrogen-bond donors (Lipinski definition) is 1. The summed E-state index contributed by atoms with van der Waals surface area (Å²) in [5.74, 6) is -0.228. The van der Waals surface area contributed by atoms with E-state index in [-0.39, 0.29) is 24.1 Å². The number of carbonyl (C=O) groups excluding carboxylic acids is 1. The fourth-order valence-corrected chi connectivity index (χ4v) is 5.47. The summed E-state index contributed by atoms with van der Waals surface area (Å²) in [6, 6.07) is 17.5. The molecule has 0 radical (unpaired) electrons. The van der Waals surface area contributed by atoms with Crippen molar-refractivity contribution in [2.24, 2.45) is 5.92 Å². The zero-order chi connectivity index (χ0) is 21.4. The Morgan fingerprint density at radius 1 is 1.03 bits per heavy atom. The SMILES string of the molecule is O=C(NCCc1ccc(Cl)cc1)C1CCCN(S(=O)(=O)CCCc2ccccc2)C1. The van der Waals surface area contributed by atoms with Crippen molar-refractivity contribution in [3.63, 3.8) is 0 Å². The molecule has 1 aliphatic rings. The Labute approximate surface area is 184 Å². The molecule has 1 aliphatic heterocycles. The second-order valence-electron chi connectivity index (χ2n) is 7.77. The number of nitrogens with zero attached hydrogens (tertiary/aromatic N) is 1. The molecule has 1 unspecified atom stereocenters. The molecule has 0 bridgehead atoms. The number of aryl methyl sites for hydroxylation is 1. The summed E-state index contributed by atoms with van der Waals surface area (Å²) in [4.78, 5) is 12.6. The molecule has 1 N–H and O–H groups in total. The van der Waals surface area contributed by atoms with Crippen molar-refractivity contribution in [1.29, 1.82) is 0 Å². The van der Waals surface area contributed by atoms with Gasteiger partial charge in [-0.15, -0.1) is 0 Å². The van der Waals surface area contributed by atoms with Gasteiger partial charge in [0.1, 0.15) is 0 Å². The summed E-state index contributed by atoms with van der Waals surface area (Å²) in [6.07, 6.45) is 3.48. The number of halogens is 1. The molecule has 0 aliphatic carbocycles. The third kappa shape index (κ3) is 6.83. The number of carbonyl (C=O) groups is 1. The Bertz CT molecular complexity index is 917. The Morgan fingerprint density at radius 2 is 1.73 bits per heavy atom. The fourth-order valence-electron chi connectivity index (χ4n) is 3.77. The van der Waals surface area contributed by atoms with Gasteiger partial charge in [0.25, 0.3) is 0 Å². The number of rotatable bonds is 9. The van der Waals surface area contributed by atoms with E-state index in [1.807, 2.05) is 54.6 Å². The monoisotopic (exact) mass is 448 g/mol. The lowest BCUT2D eigenvalue weighted by atomic mass is 9.99. The second-order valence-corrected chi connectivity index (χ2v) is 10.3. The van der Waals surface area contributed by atoms with Gasteiger partial charge >= 0.3 is 0 Å². The zero-order valence-electron chi connectivity index (χ0n) is 17.1. The van der Waals surface area contributed by atoms with E-state index in [1.54, 1.807) is 0 Å². The van der Waals surface area contributed by atoms with Gasteiger partial charge in [0.2, 0.25) is 15.9 Å². The number of hydrogen-bond acceptors (Lipinski definition) is 3. The molecule has 1 atom stereocenters. The van der Waals surface area contributed by atoms with Gasteiger partial charge < -0.3 is 5.32 Å². The minimum absolute atomic E-state index is 0.0619. The van der Waals surface area contributed by atoms with Gasteiger partial charge in [-0.25, -0.2) is 12.7 Å². The van der Waals surface area contributed by atoms with E-state index in [9.17, 15) is 13.2 Å². The van der Waals surface area contributed by atoms with Crippen molar-refractivity contribution in [3.8, 4) is 0 Å². The van der Waals surface area contributed by atoms with Crippen LogP contribution in [-0.2, 0) is 27.7 Å². The molecule has 30 heavy (non-hydrogen) atoms. The van der Waals surface area contributed by atoms with Gasteiger partial charge in [-0.05, 0) is 55.4 Å². The molecule has 3 rings (SSSR count). The van der Waals surface area contributed by atoms with E-state index >= 15 is 0 Å². The highest BCUT2D eigenvalue weighted by molar-refractivity contribution is 7.89. The summed E-state index contributed by atoms with van der Waals surface area (Å²) in [5.41, 5.74) is 2.25. The molecule has 1 heterocycles. The van der Waals surface area contributed by atoms with Crippen molar-refractivity contribution >= 4 is 27.5 Å². The third-order valence-corrected chi connectivity index (χ3v) is 7.66. The normalized spacial score (nSPS) is 17.6. The summed E-state index contributed by atoms with van der Waals surface area (Å²) in [6.45, 7) is 1.31. The van der Waals surface area contributed by atoms with Gasteiger partial charge in [0.05, 0.1) is 11.7 Å². The predicted molar refractivity (Wildman–Crippen MR) is 121 cm³/mol. The topological polar surface area (TPSA) is 66.5 Å². The van der Waals surface area contributed by atoms with Gasteiger partial charge in [-0.2, -0.15) is 0 Å². The Morgan fingerprint density at radius 3 is 2.47 bits per heavy atom. The maximum absolute atomic E-state index is 12.8. The number of piperidine rings is 1. The maximum atomic E-state index is 12.8. The first kappa shape index (κ1) is 22.8. The number of nitrogens with one attached hydrogen (secondary N) is 1. The first-order valence-corrected chi connectivity index (χ1v) is 12.5. The Kier molecular flexibility index (Phi) is 8.31. The molecular weight excluding hydrogens is 420 g/mol. The summed E-state index contributed by atoms with van der Waals surface area (Å²) in [7, 11) is -3.35. The van der Waals surface area contributed by atoms with Crippen LogP contribution in [0.1, 0.15) is 30.4 Å². The van der Waals surface area contributed by atoms with E-state index in [2.05, 4.69) is 5.32 Å². The molecule has 0 aromatic heterocycles. The van der Waals surface area contributed by atoms with Crippen LogP contribution in [0.25, 0.3) is 0 Å².